The Morgan fingerprint density at radius 2 is 1.50 bits per heavy atom. The number of halogens is 1. The second-order valence-electron chi connectivity index (χ2n) is 5.62. The van der Waals surface area contributed by atoms with E-state index in [2.05, 4.69) is 57.0 Å². The first-order valence-corrected chi connectivity index (χ1v) is 8.32. The van der Waals surface area contributed by atoms with Crippen molar-refractivity contribution >= 4 is 29.8 Å². The minimum Gasteiger partial charge on any atom is -0.179 e. The average Bonchev–Trinajstić information content (AvgIpc) is 2.53. The highest BCUT2D eigenvalue weighted by Gasteiger charge is 2.10. The largest absolute Gasteiger partial charge is 0.179 e. The Balaban J connectivity index is 2.13. The molecule has 2 aromatic carbocycles. The van der Waals surface area contributed by atoms with Crippen molar-refractivity contribution < 1.29 is 0 Å². The maximum absolute atomic E-state index is 5.93. The van der Waals surface area contributed by atoms with Gasteiger partial charge in [0.2, 0.25) is 0 Å². The lowest BCUT2D eigenvalue weighted by Gasteiger charge is -2.16. The first kappa shape index (κ1) is 16.9. The molecular formula is C20H21ClS. The van der Waals surface area contributed by atoms with Crippen LogP contribution in [0.5, 0.6) is 0 Å². The summed E-state index contributed by atoms with van der Waals surface area (Å²) < 4.78 is 0. The molecule has 0 aliphatic carbocycles. The topological polar surface area (TPSA) is 0 Å². The summed E-state index contributed by atoms with van der Waals surface area (Å²) in [6, 6.07) is 16.4. The maximum atomic E-state index is 5.93. The Hall–Kier alpha value is -1.44. The predicted octanol–water partition coefficient (Wildman–Crippen LogP) is 6.53. The van der Waals surface area contributed by atoms with Crippen molar-refractivity contribution in [1.29, 1.82) is 0 Å². The molecule has 2 heteroatoms. The van der Waals surface area contributed by atoms with Crippen LogP contribution in [0.1, 0.15) is 18.9 Å². The zero-order valence-corrected chi connectivity index (χ0v) is 14.5. The number of thiol groups is 1. The molecule has 0 nitrogen and oxygen atoms in total. The smallest absolute Gasteiger partial charge is 0.0406 e. The van der Waals surface area contributed by atoms with Crippen LogP contribution >= 0.6 is 24.2 Å². The second-order valence-corrected chi connectivity index (χ2v) is 6.42. The Morgan fingerprint density at radius 3 is 1.95 bits per heavy atom. The van der Waals surface area contributed by atoms with E-state index in [0.717, 1.165) is 33.9 Å². The molecule has 0 heterocycles. The van der Waals surface area contributed by atoms with E-state index in [-0.39, 0.29) is 0 Å². The highest BCUT2D eigenvalue weighted by molar-refractivity contribution is 7.80. The van der Waals surface area contributed by atoms with Crippen molar-refractivity contribution in [3.8, 4) is 11.1 Å². The lowest BCUT2D eigenvalue weighted by atomic mass is 9.91. The minimum absolute atomic E-state index is 0.381. The molecule has 0 amide bonds. The van der Waals surface area contributed by atoms with E-state index < -0.39 is 0 Å². The Bertz CT molecular complexity index is 653. The van der Waals surface area contributed by atoms with Crippen molar-refractivity contribution in [3.63, 3.8) is 0 Å². The van der Waals surface area contributed by atoms with Crippen LogP contribution in [0.15, 0.2) is 67.3 Å². The molecule has 0 spiro atoms. The molecule has 0 saturated heterocycles. The fourth-order valence-corrected chi connectivity index (χ4v) is 2.92. The van der Waals surface area contributed by atoms with Crippen LogP contribution in [0, 0.1) is 5.92 Å². The standard InChI is InChI=1S/C20H21ClS/c1-14(2)19(13-22)12-15(3)16-4-6-17(7-5-16)18-8-10-20(21)11-9-18/h4-11,19,22H,1,3,12-13H2,2H3. The highest BCUT2D eigenvalue weighted by Crippen LogP contribution is 2.28. The second kappa shape index (κ2) is 7.71. The van der Waals surface area contributed by atoms with Crippen LogP contribution in [-0.4, -0.2) is 5.75 Å². The van der Waals surface area contributed by atoms with E-state index in [1.54, 1.807) is 0 Å². The summed E-state index contributed by atoms with van der Waals surface area (Å²) >= 11 is 10.3. The Morgan fingerprint density at radius 1 is 1.00 bits per heavy atom. The lowest BCUT2D eigenvalue weighted by molar-refractivity contribution is 0.723. The molecular weight excluding hydrogens is 308 g/mol. The van der Waals surface area contributed by atoms with Crippen LogP contribution in [0.4, 0.5) is 0 Å². The zero-order chi connectivity index (χ0) is 16.1. The van der Waals surface area contributed by atoms with Gasteiger partial charge in [0.05, 0.1) is 0 Å². The summed E-state index contributed by atoms with van der Waals surface area (Å²) in [5.74, 6) is 1.18. The van der Waals surface area contributed by atoms with Gasteiger partial charge in [-0.2, -0.15) is 12.6 Å². The van der Waals surface area contributed by atoms with E-state index in [1.807, 2.05) is 24.3 Å². The summed E-state index contributed by atoms with van der Waals surface area (Å²) in [5.41, 5.74) is 5.81. The molecule has 2 aromatic rings. The molecule has 114 valence electrons. The summed E-state index contributed by atoms with van der Waals surface area (Å²) in [6.45, 7) is 10.3. The monoisotopic (exact) mass is 328 g/mol. The van der Waals surface area contributed by atoms with Gasteiger partial charge in [-0.15, -0.1) is 0 Å². The number of hydrogen-bond donors (Lipinski definition) is 1. The number of benzene rings is 2. The number of rotatable bonds is 6. The van der Waals surface area contributed by atoms with Crippen LogP contribution in [0.2, 0.25) is 5.02 Å². The molecule has 0 saturated carbocycles. The fourth-order valence-electron chi connectivity index (χ4n) is 2.35. The van der Waals surface area contributed by atoms with Gasteiger partial charge in [-0.3, -0.25) is 0 Å². The fraction of sp³-hybridized carbons (Fsp3) is 0.200. The summed E-state index contributed by atoms with van der Waals surface area (Å²) in [6.07, 6.45) is 0.902. The molecule has 0 bridgehead atoms. The van der Waals surface area contributed by atoms with Crippen molar-refractivity contribution in [1.82, 2.24) is 0 Å². The molecule has 22 heavy (non-hydrogen) atoms. The van der Waals surface area contributed by atoms with Crippen LogP contribution < -0.4 is 0 Å². The van der Waals surface area contributed by atoms with Crippen molar-refractivity contribution in [2.45, 2.75) is 13.3 Å². The third-order valence-electron chi connectivity index (χ3n) is 3.88. The number of allylic oxidation sites excluding steroid dienone is 2. The van der Waals surface area contributed by atoms with Gasteiger partial charge in [-0.1, -0.05) is 66.7 Å². The van der Waals surface area contributed by atoms with E-state index in [0.29, 0.717) is 5.92 Å². The van der Waals surface area contributed by atoms with E-state index in [9.17, 15) is 0 Å². The van der Waals surface area contributed by atoms with Crippen LogP contribution in [0.3, 0.4) is 0 Å². The molecule has 0 aliphatic rings. The van der Waals surface area contributed by atoms with Gasteiger partial charge in [0.25, 0.3) is 0 Å². The van der Waals surface area contributed by atoms with Gasteiger partial charge in [0, 0.05) is 5.02 Å². The first-order chi connectivity index (χ1) is 10.5. The molecule has 0 aliphatic heterocycles. The van der Waals surface area contributed by atoms with Gasteiger partial charge in [-0.05, 0) is 59.4 Å². The van der Waals surface area contributed by atoms with Crippen LogP contribution in [-0.2, 0) is 0 Å². The Labute approximate surface area is 143 Å². The quantitative estimate of drug-likeness (QED) is 0.452. The third-order valence-corrected chi connectivity index (χ3v) is 4.57. The van der Waals surface area contributed by atoms with Crippen molar-refractivity contribution in [2.75, 3.05) is 5.75 Å². The summed E-state index contributed by atoms with van der Waals surface area (Å²) in [7, 11) is 0. The zero-order valence-electron chi connectivity index (χ0n) is 12.8. The Kier molecular flexibility index (Phi) is 5.93. The SMILES string of the molecule is C=C(CC(CS)C(=C)C)c1ccc(-c2ccc(Cl)cc2)cc1. The maximum Gasteiger partial charge on any atom is 0.0406 e. The molecule has 1 unspecified atom stereocenters. The first-order valence-electron chi connectivity index (χ1n) is 7.31. The summed E-state index contributed by atoms with van der Waals surface area (Å²) in [4.78, 5) is 0. The van der Waals surface area contributed by atoms with Gasteiger partial charge in [0.1, 0.15) is 0 Å². The summed E-state index contributed by atoms with van der Waals surface area (Å²) in [5, 5.41) is 0.756. The minimum atomic E-state index is 0.381. The van der Waals surface area contributed by atoms with Gasteiger partial charge in [-0.25, -0.2) is 0 Å². The van der Waals surface area contributed by atoms with Crippen molar-refractivity contribution in [2.24, 2.45) is 5.92 Å². The lowest BCUT2D eigenvalue weighted by Crippen LogP contribution is -2.04. The number of hydrogen-bond acceptors (Lipinski definition) is 1. The van der Waals surface area contributed by atoms with Gasteiger partial charge in [0.15, 0.2) is 0 Å². The average molecular weight is 329 g/mol. The van der Waals surface area contributed by atoms with Gasteiger partial charge < -0.3 is 0 Å². The van der Waals surface area contributed by atoms with E-state index in [1.165, 1.54) is 11.1 Å². The molecule has 0 fully saturated rings. The molecule has 0 aromatic heterocycles. The molecule has 2 rings (SSSR count). The highest BCUT2D eigenvalue weighted by atomic mass is 35.5. The predicted molar refractivity (Wildman–Crippen MR) is 103 cm³/mol. The molecule has 0 radical (unpaired) electrons. The molecule has 0 N–H and O–H groups in total. The normalized spacial score (nSPS) is 12.0. The third kappa shape index (κ3) is 4.28. The van der Waals surface area contributed by atoms with E-state index in [4.69, 9.17) is 11.6 Å². The van der Waals surface area contributed by atoms with E-state index >= 15 is 0 Å². The van der Waals surface area contributed by atoms with Crippen LogP contribution in [0.25, 0.3) is 16.7 Å². The van der Waals surface area contributed by atoms with Gasteiger partial charge >= 0.3 is 0 Å². The van der Waals surface area contributed by atoms with Crippen molar-refractivity contribution in [3.05, 3.63) is 77.8 Å². The molecule has 1 atom stereocenters.